The first-order chi connectivity index (χ1) is 14.4. The standard InChI is InChI=1S/C21H20BrNO7/c22-13-6-8-16(24)15(10-13)17(4-2-1-3-5-20(25)26)30-21(27)23-14-7-9-18-19(11-14)29-12-28-18/h3,5-11,17,24H,1-2,4,12H2,(H,23,27)(H,25,26)/b5-3+/t17-/m0/s1. The number of rotatable bonds is 8. The van der Waals surface area contributed by atoms with E-state index in [-0.39, 0.29) is 12.5 Å². The number of unbranched alkanes of at least 4 members (excludes halogenated alkanes) is 1. The molecular weight excluding hydrogens is 458 g/mol. The Morgan fingerprint density at radius 3 is 2.80 bits per heavy atom. The van der Waals surface area contributed by atoms with Gasteiger partial charge in [-0.15, -0.1) is 0 Å². The lowest BCUT2D eigenvalue weighted by atomic mass is 10.0. The van der Waals surface area contributed by atoms with Gasteiger partial charge in [0.05, 0.1) is 0 Å². The molecule has 0 fully saturated rings. The summed E-state index contributed by atoms with van der Waals surface area (Å²) in [6.45, 7) is 0.129. The van der Waals surface area contributed by atoms with Crippen molar-refractivity contribution in [3.05, 3.63) is 58.6 Å². The van der Waals surface area contributed by atoms with Crippen molar-refractivity contribution in [1.29, 1.82) is 0 Å². The maximum absolute atomic E-state index is 12.5. The molecule has 3 N–H and O–H groups in total. The fraction of sp³-hybridized carbons (Fsp3) is 0.238. The molecule has 1 atom stereocenters. The highest BCUT2D eigenvalue weighted by Crippen LogP contribution is 2.35. The Kier molecular flexibility index (Phi) is 7.18. The molecule has 1 aliphatic rings. The van der Waals surface area contributed by atoms with Crippen molar-refractivity contribution in [3.8, 4) is 17.2 Å². The lowest BCUT2D eigenvalue weighted by Crippen LogP contribution is -2.18. The van der Waals surface area contributed by atoms with Gasteiger partial charge in [0.2, 0.25) is 6.79 Å². The molecule has 9 heteroatoms. The Morgan fingerprint density at radius 1 is 1.20 bits per heavy atom. The normalized spacial score (nSPS) is 13.2. The number of phenolic OH excluding ortho intramolecular Hbond substituents is 1. The van der Waals surface area contributed by atoms with E-state index in [1.54, 1.807) is 30.3 Å². The highest BCUT2D eigenvalue weighted by Gasteiger charge is 2.21. The molecule has 158 valence electrons. The number of hydrogen-bond donors (Lipinski definition) is 3. The maximum atomic E-state index is 12.5. The summed E-state index contributed by atoms with van der Waals surface area (Å²) in [5.74, 6) is 0.107. The van der Waals surface area contributed by atoms with Crippen molar-refractivity contribution in [2.24, 2.45) is 0 Å². The topological polar surface area (TPSA) is 114 Å². The number of fused-ring (bicyclic) bond motifs is 1. The minimum atomic E-state index is -1.02. The molecule has 0 aliphatic carbocycles. The molecule has 0 saturated heterocycles. The average molecular weight is 478 g/mol. The number of halogens is 1. The first-order valence-corrected chi connectivity index (χ1v) is 9.97. The summed E-state index contributed by atoms with van der Waals surface area (Å²) >= 11 is 3.35. The number of nitrogens with one attached hydrogen (secondary N) is 1. The Labute approximate surface area is 181 Å². The predicted octanol–water partition coefficient (Wildman–Crippen LogP) is 4.98. The zero-order valence-electron chi connectivity index (χ0n) is 15.8. The van der Waals surface area contributed by atoms with Crippen LogP contribution in [0.2, 0.25) is 0 Å². The van der Waals surface area contributed by atoms with Crippen LogP contribution >= 0.6 is 15.9 Å². The molecule has 3 rings (SSSR count). The Balaban J connectivity index is 1.68. The van der Waals surface area contributed by atoms with Gasteiger partial charge in [-0.2, -0.15) is 0 Å². The number of anilines is 1. The molecular formula is C21H20BrNO7. The molecule has 0 spiro atoms. The Hall–Kier alpha value is -3.20. The van der Waals surface area contributed by atoms with Gasteiger partial charge < -0.3 is 24.4 Å². The minimum Gasteiger partial charge on any atom is -0.508 e. The van der Waals surface area contributed by atoms with Gasteiger partial charge in [-0.05, 0) is 49.6 Å². The number of hydrogen-bond acceptors (Lipinski definition) is 6. The third-order valence-corrected chi connectivity index (χ3v) is 4.80. The predicted molar refractivity (Wildman–Crippen MR) is 112 cm³/mol. The summed E-state index contributed by atoms with van der Waals surface area (Å²) in [5.41, 5.74) is 0.929. The van der Waals surface area contributed by atoms with Gasteiger partial charge in [0.15, 0.2) is 11.5 Å². The van der Waals surface area contributed by atoms with Crippen LogP contribution in [0.25, 0.3) is 0 Å². The van der Waals surface area contributed by atoms with Crippen LogP contribution in [0.3, 0.4) is 0 Å². The van der Waals surface area contributed by atoms with Crippen molar-refractivity contribution in [2.45, 2.75) is 25.4 Å². The zero-order chi connectivity index (χ0) is 21.5. The number of benzene rings is 2. The fourth-order valence-corrected chi connectivity index (χ4v) is 3.30. The molecule has 1 heterocycles. The van der Waals surface area contributed by atoms with Crippen LogP contribution in [0, 0.1) is 0 Å². The number of phenols is 1. The van der Waals surface area contributed by atoms with E-state index < -0.39 is 18.2 Å². The largest absolute Gasteiger partial charge is 0.508 e. The summed E-state index contributed by atoms with van der Waals surface area (Å²) in [7, 11) is 0. The second-order valence-electron chi connectivity index (χ2n) is 6.46. The fourth-order valence-electron chi connectivity index (χ4n) is 2.92. The van der Waals surface area contributed by atoms with E-state index in [2.05, 4.69) is 21.2 Å². The average Bonchev–Trinajstić information content (AvgIpc) is 3.16. The van der Waals surface area contributed by atoms with Crippen LogP contribution in [0.15, 0.2) is 53.0 Å². The summed E-state index contributed by atoms with van der Waals surface area (Å²) in [4.78, 5) is 23.1. The molecule has 0 bridgehead atoms. The molecule has 0 saturated carbocycles. The molecule has 1 aliphatic heterocycles. The van der Waals surface area contributed by atoms with Crippen LogP contribution in [0.4, 0.5) is 10.5 Å². The molecule has 30 heavy (non-hydrogen) atoms. The number of carboxylic acids is 1. The number of aliphatic carboxylic acids is 1. The number of carbonyl (C=O) groups is 2. The second-order valence-corrected chi connectivity index (χ2v) is 7.38. The van der Waals surface area contributed by atoms with E-state index in [1.165, 1.54) is 12.1 Å². The number of ether oxygens (including phenoxy) is 3. The van der Waals surface area contributed by atoms with E-state index in [9.17, 15) is 14.7 Å². The summed E-state index contributed by atoms with van der Waals surface area (Å²) in [6, 6.07) is 9.85. The second kappa shape index (κ2) is 10.0. The van der Waals surface area contributed by atoms with Crippen LogP contribution in [0.1, 0.15) is 30.9 Å². The molecule has 0 radical (unpaired) electrons. The molecule has 1 amide bonds. The van der Waals surface area contributed by atoms with Gasteiger partial charge in [-0.25, -0.2) is 9.59 Å². The van der Waals surface area contributed by atoms with Crippen molar-refractivity contribution in [3.63, 3.8) is 0 Å². The number of amides is 1. The van der Waals surface area contributed by atoms with Crippen molar-refractivity contribution >= 4 is 33.7 Å². The van der Waals surface area contributed by atoms with Gasteiger partial charge in [0.1, 0.15) is 11.9 Å². The first kappa shape index (κ1) is 21.5. The van der Waals surface area contributed by atoms with Crippen molar-refractivity contribution in [1.82, 2.24) is 0 Å². The molecule has 2 aromatic rings. The van der Waals surface area contributed by atoms with E-state index >= 15 is 0 Å². The van der Waals surface area contributed by atoms with Gasteiger partial charge in [-0.1, -0.05) is 22.0 Å². The van der Waals surface area contributed by atoms with Gasteiger partial charge in [0, 0.05) is 27.9 Å². The maximum Gasteiger partial charge on any atom is 0.412 e. The van der Waals surface area contributed by atoms with Crippen LogP contribution in [0.5, 0.6) is 17.2 Å². The number of carboxylic acid groups (broad SMARTS) is 1. The van der Waals surface area contributed by atoms with Crippen LogP contribution < -0.4 is 14.8 Å². The quantitative estimate of drug-likeness (QED) is 0.362. The lowest BCUT2D eigenvalue weighted by Gasteiger charge is -2.20. The Morgan fingerprint density at radius 2 is 2.00 bits per heavy atom. The van der Waals surface area contributed by atoms with E-state index in [0.717, 1.165) is 10.5 Å². The zero-order valence-corrected chi connectivity index (χ0v) is 17.4. The molecule has 2 aromatic carbocycles. The number of carbonyl (C=O) groups excluding carboxylic acids is 1. The lowest BCUT2D eigenvalue weighted by molar-refractivity contribution is -0.131. The van der Waals surface area contributed by atoms with Gasteiger partial charge >= 0.3 is 12.1 Å². The molecule has 0 unspecified atom stereocenters. The third kappa shape index (κ3) is 5.90. The highest BCUT2D eigenvalue weighted by molar-refractivity contribution is 9.10. The molecule has 8 nitrogen and oxygen atoms in total. The van der Waals surface area contributed by atoms with E-state index in [4.69, 9.17) is 19.3 Å². The smallest absolute Gasteiger partial charge is 0.412 e. The summed E-state index contributed by atoms with van der Waals surface area (Å²) < 4.78 is 16.8. The monoisotopic (exact) mass is 477 g/mol. The van der Waals surface area contributed by atoms with E-state index in [0.29, 0.717) is 42.0 Å². The third-order valence-electron chi connectivity index (χ3n) is 4.30. The summed E-state index contributed by atoms with van der Waals surface area (Å²) in [5, 5.41) is 21.5. The van der Waals surface area contributed by atoms with Crippen LogP contribution in [-0.4, -0.2) is 29.1 Å². The number of allylic oxidation sites excluding steroid dienone is 1. The first-order valence-electron chi connectivity index (χ1n) is 9.17. The summed E-state index contributed by atoms with van der Waals surface area (Å²) in [6.07, 6.45) is 2.62. The number of aromatic hydroxyl groups is 1. The van der Waals surface area contributed by atoms with Crippen LogP contribution in [-0.2, 0) is 9.53 Å². The van der Waals surface area contributed by atoms with Gasteiger partial charge in [0.25, 0.3) is 0 Å². The van der Waals surface area contributed by atoms with Crippen molar-refractivity contribution < 1.29 is 34.0 Å². The molecule has 0 aromatic heterocycles. The van der Waals surface area contributed by atoms with Gasteiger partial charge in [-0.3, -0.25) is 5.32 Å². The van der Waals surface area contributed by atoms with Crippen molar-refractivity contribution in [2.75, 3.05) is 12.1 Å². The highest BCUT2D eigenvalue weighted by atomic mass is 79.9. The van der Waals surface area contributed by atoms with E-state index in [1.807, 2.05) is 0 Å². The Bertz CT molecular complexity index is 960. The minimum absolute atomic E-state index is 0.000146. The SMILES string of the molecule is O=C(O)/C=C/CCC[C@H](OC(=O)Nc1ccc2c(c1)OCO2)c1cc(Br)ccc1O.